The molecular formula is C35H62. The van der Waals surface area contributed by atoms with Gasteiger partial charge in [0.1, 0.15) is 0 Å². The van der Waals surface area contributed by atoms with Gasteiger partial charge in [0.05, 0.1) is 0 Å². The van der Waals surface area contributed by atoms with E-state index in [-0.39, 0.29) is 0 Å². The molecule has 5 aliphatic rings. The van der Waals surface area contributed by atoms with E-state index in [1.807, 2.05) is 0 Å². The van der Waals surface area contributed by atoms with Crippen molar-refractivity contribution in [2.24, 2.45) is 74.4 Å². The highest BCUT2D eigenvalue weighted by Crippen LogP contribution is 2.78. The molecule has 5 saturated carbocycles. The number of rotatable bonds is 3. The molecule has 5 fully saturated rings. The zero-order valence-corrected chi connectivity index (χ0v) is 25.6. The van der Waals surface area contributed by atoms with E-state index >= 15 is 0 Å². The highest BCUT2D eigenvalue weighted by molar-refractivity contribution is 5.20. The van der Waals surface area contributed by atoms with E-state index in [2.05, 4.69) is 69.2 Å². The van der Waals surface area contributed by atoms with E-state index in [4.69, 9.17) is 0 Å². The molecule has 0 heterocycles. The molecule has 0 aromatic heterocycles. The summed E-state index contributed by atoms with van der Waals surface area (Å²) in [5, 5.41) is 0. The van der Waals surface area contributed by atoms with E-state index in [9.17, 15) is 0 Å². The summed E-state index contributed by atoms with van der Waals surface area (Å²) < 4.78 is 0. The molecule has 5 aliphatic carbocycles. The Labute approximate surface area is 220 Å². The molecule has 0 nitrogen and oxygen atoms in total. The quantitative estimate of drug-likeness (QED) is 0.375. The highest BCUT2D eigenvalue weighted by Gasteiger charge is 2.71. The second-order valence-corrected chi connectivity index (χ2v) is 16.6. The van der Waals surface area contributed by atoms with Crippen LogP contribution in [-0.2, 0) is 0 Å². The Kier molecular flexibility index (Phi) is 6.46. The molecule has 0 bridgehead atoms. The number of fused-ring (bicyclic) bond motifs is 7. The van der Waals surface area contributed by atoms with Crippen molar-refractivity contribution in [2.75, 3.05) is 0 Å². The average molecular weight is 483 g/mol. The van der Waals surface area contributed by atoms with Crippen molar-refractivity contribution in [3.8, 4) is 0 Å². The molecule has 12 unspecified atom stereocenters. The highest BCUT2D eigenvalue weighted by atomic mass is 14.8. The van der Waals surface area contributed by atoms with E-state index in [1.54, 1.807) is 0 Å². The minimum absolute atomic E-state index is 0.505. The first-order valence-electron chi connectivity index (χ1n) is 16.3. The second kappa shape index (κ2) is 8.50. The molecule has 0 heteroatoms. The van der Waals surface area contributed by atoms with E-state index < -0.39 is 0 Å². The SMILES string of the molecule is CCCC12CCC(C)C(C)C1C1CCC3C4(C)CCC(CC)C(C)(C)C4CC(C)C3(C)C1(C)CC2. The van der Waals surface area contributed by atoms with Crippen molar-refractivity contribution in [2.45, 2.75) is 146 Å². The molecular weight excluding hydrogens is 420 g/mol. The lowest BCUT2D eigenvalue weighted by Gasteiger charge is -2.76. The van der Waals surface area contributed by atoms with Crippen molar-refractivity contribution in [1.82, 2.24) is 0 Å². The number of hydrogen-bond donors (Lipinski definition) is 0. The molecule has 0 saturated heterocycles. The van der Waals surface area contributed by atoms with Gasteiger partial charge in [-0.1, -0.05) is 82.1 Å². The molecule has 0 spiro atoms. The Bertz CT molecular complexity index is 794. The van der Waals surface area contributed by atoms with Gasteiger partial charge in [-0.05, 0) is 139 Å². The molecule has 0 aromatic rings. The maximum absolute atomic E-state index is 2.86. The van der Waals surface area contributed by atoms with Crippen LogP contribution in [0, 0.1) is 74.4 Å². The summed E-state index contributed by atoms with van der Waals surface area (Å²) in [6, 6.07) is 0. The van der Waals surface area contributed by atoms with Crippen molar-refractivity contribution >= 4 is 0 Å². The minimum Gasteiger partial charge on any atom is -0.0654 e. The Balaban J connectivity index is 1.56. The van der Waals surface area contributed by atoms with Crippen molar-refractivity contribution in [3.63, 3.8) is 0 Å². The molecule has 35 heavy (non-hydrogen) atoms. The fraction of sp³-hybridized carbons (Fsp3) is 1.00. The van der Waals surface area contributed by atoms with Crippen molar-refractivity contribution in [1.29, 1.82) is 0 Å². The molecule has 0 aromatic carbocycles. The third-order valence-corrected chi connectivity index (χ3v) is 15.8. The lowest BCUT2D eigenvalue weighted by atomic mass is 9.29. The summed E-state index contributed by atoms with van der Waals surface area (Å²) in [6.45, 7) is 26.8. The van der Waals surface area contributed by atoms with E-state index in [0.29, 0.717) is 27.1 Å². The van der Waals surface area contributed by atoms with Gasteiger partial charge < -0.3 is 0 Å². The lowest BCUT2D eigenvalue weighted by molar-refractivity contribution is -0.273. The predicted molar refractivity (Wildman–Crippen MR) is 152 cm³/mol. The summed E-state index contributed by atoms with van der Waals surface area (Å²) >= 11 is 0. The van der Waals surface area contributed by atoms with Crippen LogP contribution in [0.5, 0.6) is 0 Å². The largest absolute Gasteiger partial charge is 0.0654 e. The van der Waals surface area contributed by atoms with Crippen LogP contribution in [0.2, 0.25) is 0 Å². The van der Waals surface area contributed by atoms with E-state index in [1.165, 1.54) is 77.0 Å². The molecule has 0 N–H and O–H groups in total. The van der Waals surface area contributed by atoms with Gasteiger partial charge in [-0.3, -0.25) is 0 Å². The smallest absolute Gasteiger partial charge is 0.0210 e. The van der Waals surface area contributed by atoms with Crippen LogP contribution in [0.4, 0.5) is 0 Å². The standard InChI is InChI=1S/C35H62/c1-11-17-35-19-15-23(3)25(5)30(35)27-13-14-28-32(8)18-16-26(12-2)31(6,7)29(32)22-24(4)34(28,10)33(27,9)20-21-35/h23-30H,11-22H2,1-10H3. The van der Waals surface area contributed by atoms with Gasteiger partial charge in [0.15, 0.2) is 0 Å². The Morgan fingerprint density at radius 2 is 1.46 bits per heavy atom. The first kappa shape index (κ1) is 26.6. The summed E-state index contributed by atoms with van der Waals surface area (Å²) in [6.07, 6.45) is 17.9. The van der Waals surface area contributed by atoms with Crippen LogP contribution >= 0.6 is 0 Å². The third kappa shape index (κ3) is 3.28. The van der Waals surface area contributed by atoms with Crippen LogP contribution in [0.1, 0.15) is 146 Å². The fourth-order valence-corrected chi connectivity index (χ4v) is 13.6. The van der Waals surface area contributed by atoms with Gasteiger partial charge in [0.2, 0.25) is 0 Å². The first-order valence-corrected chi connectivity index (χ1v) is 16.3. The Morgan fingerprint density at radius 1 is 0.743 bits per heavy atom. The summed E-state index contributed by atoms with van der Waals surface area (Å²) in [7, 11) is 0. The lowest BCUT2D eigenvalue weighted by Crippen LogP contribution is -2.69. The van der Waals surface area contributed by atoms with E-state index in [0.717, 1.165) is 47.3 Å². The molecule has 0 aliphatic heterocycles. The van der Waals surface area contributed by atoms with Crippen LogP contribution in [0.15, 0.2) is 0 Å². The Morgan fingerprint density at radius 3 is 2.11 bits per heavy atom. The van der Waals surface area contributed by atoms with Crippen LogP contribution in [0.3, 0.4) is 0 Å². The normalized spacial score (nSPS) is 57.4. The van der Waals surface area contributed by atoms with Gasteiger partial charge in [0, 0.05) is 0 Å². The van der Waals surface area contributed by atoms with Gasteiger partial charge in [0.25, 0.3) is 0 Å². The summed E-state index contributed by atoms with van der Waals surface area (Å²) in [4.78, 5) is 0. The maximum atomic E-state index is 2.86. The second-order valence-electron chi connectivity index (χ2n) is 16.6. The number of hydrogen-bond acceptors (Lipinski definition) is 0. The molecule has 0 radical (unpaired) electrons. The zero-order chi connectivity index (χ0) is 25.6. The summed E-state index contributed by atoms with van der Waals surface area (Å²) in [5.74, 6) is 7.42. The minimum atomic E-state index is 0.505. The third-order valence-electron chi connectivity index (χ3n) is 15.8. The fourth-order valence-electron chi connectivity index (χ4n) is 13.6. The molecule has 202 valence electrons. The first-order chi connectivity index (χ1) is 16.3. The van der Waals surface area contributed by atoms with Gasteiger partial charge >= 0.3 is 0 Å². The van der Waals surface area contributed by atoms with Gasteiger partial charge in [-0.2, -0.15) is 0 Å². The predicted octanol–water partition coefficient (Wildman–Crippen LogP) is 10.8. The summed E-state index contributed by atoms with van der Waals surface area (Å²) in [5.41, 5.74) is 2.76. The van der Waals surface area contributed by atoms with Crippen molar-refractivity contribution < 1.29 is 0 Å². The molecule has 0 amide bonds. The van der Waals surface area contributed by atoms with Crippen LogP contribution < -0.4 is 0 Å². The zero-order valence-electron chi connectivity index (χ0n) is 25.6. The average Bonchev–Trinajstić information content (AvgIpc) is 2.80. The van der Waals surface area contributed by atoms with Crippen molar-refractivity contribution in [3.05, 3.63) is 0 Å². The molecule has 5 rings (SSSR count). The topological polar surface area (TPSA) is 0 Å². The van der Waals surface area contributed by atoms with Gasteiger partial charge in [-0.25, -0.2) is 0 Å². The van der Waals surface area contributed by atoms with Crippen LogP contribution in [-0.4, -0.2) is 0 Å². The maximum Gasteiger partial charge on any atom is -0.0210 e. The van der Waals surface area contributed by atoms with Crippen LogP contribution in [0.25, 0.3) is 0 Å². The Hall–Kier alpha value is 0. The monoisotopic (exact) mass is 482 g/mol. The molecule has 12 atom stereocenters. The van der Waals surface area contributed by atoms with Gasteiger partial charge in [-0.15, -0.1) is 0 Å².